The molecule has 3 N–H and O–H groups in total. The normalized spacial score (nSPS) is 10.8. The fourth-order valence-corrected chi connectivity index (χ4v) is 2.01. The van der Waals surface area contributed by atoms with Crippen molar-refractivity contribution in [3.63, 3.8) is 0 Å². The first-order valence-corrected chi connectivity index (χ1v) is 6.96. The van der Waals surface area contributed by atoms with E-state index in [4.69, 9.17) is 10.2 Å². The van der Waals surface area contributed by atoms with Crippen molar-refractivity contribution in [3.05, 3.63) is 54.0 Å². The summed E-state index contributed by atoms with van der Waals surface area (Å²) >= 11 is 0. The maximum absolute atomic E-state index is 11.9. The van der Waals surface area contributed by atoms with E-state index < -0.39 is 0 Å². The van der Waals surface area contributed by atoms with Crippen LogP contribution in [0.25, 0.3) is 0 Å². The number of furan rings is 1. The number of rotatable bonds is 7. The molecule has 0 fully saturated rings. The lowest BCUT2D eigenvalue weighted by Crippen LogP contribution is -2.23. The van der Waals surface area contributed by atoms with Crippen molar-refractivity contribution < 1.29 is 9.21 Å². The van der Waals surface area contributed by atoms with Crippen LogP contribution in [0.1, 0.15) is 17.5 Å². The molecule has 0 unspecified atom stereocenters. The Labute approximate surface area is 124 Å². The maximum atomic E-state index is 11.9. The fraction of sp³-hybridized carbons (Fsp3) is 0.312. The van der Waals surface area contributed by atoms with Gasteiger partial charge in [-0.2, -0.15) is 0 Å². The molecule has 0 aliphatic carbocycles. The second-order valence-corrected chi connectivity index (χ2v) is 5.07. The number of anilines is 1. The quantitative estimate of drug-likeness (QED) is 0.819. The van der Waals surface area contributed by atoms with Gasteiger partial charge >= 0.3 is 0 Å². The summed E-state index contributed by atoms with van der Waals surface area (Å²) in [4.78, 5) is 14.0. The SMILES string of the molecule is CN(CCC(=O)Nc1ccc(CN)cc1)Cc1ccoc1. The molecule has 1 amide bonds. The third kappa shape index (κ3) is 5.06. The zero-order valence-corrected chi connectivity index (χ0v) is 12.2. The molecule has 1 aromatic carbocycles. The van der Waals surface area contributed by atoms with Crippen LogP contribution < -0.4 is 11.1 Å². The second-order valence-electron chi connectivity index (χ2n) is 5.07. The van der Waals surface area contributed by atoms with Crippen molar-refractivity contribution >= 4 is 11.6 Å². The molecule has 5 heteroatoms. The predicted molar refractivity (Wildman–Crippen MR) is 82.6 cm³/mol. The fourth-order valence-electron chi connectivity index (χ4n) is 2.01. The largest absolute Gasteiger partial charge is 0.472 e. The van der Waals surface area contributed by atoms with Gasteiger partial charge in [0, 0.05) is 37.3 Å². The molecule has 0 atom stereocenters. The van der Waals surface area contributed by atoms with Gasteiger partial charge in [-0.1, -0.05) is 12.1 Å². The van der Waals surface area contributed by atoms with Crippen LogP contribution in [-0.4, -0.2) is 24.4 Å². The third-order valence-corrected chi connectivity index (χ3v) is 3.23. The van der Waals surface area contributed by atoms with Gasteiger partial charge in [-0.15, -0.1) is 0 Å². The standard InChI is InChI=1S/C16H21N3O2/c1-19(11-14-7-9-21-12-14)8-6-16(20)18-15-4-2-13(10-17)3-5-15/h2-5,7,9,12H,6,8,10-11,17H2,1H3,(H,18,20). The van der Waals surface area contributed by atoms with Gasteiger partial charge in [0.2, 0.25) is 5.91 Å². The molecule has 5 nitrogen and oxygen atoms in total. The number of hydrogen-bond acceptors (Lipinski definition) is 4. The monoisotopic (exact) mass is 287 g/mol. The number of benzene rings is 1. The maximum Gasteiger partial charge on any atom is 0.225 e. The number of nitrogens with two attached hydrogens (primary N) is 1. The summed E-state index contributed by atoms with van der Waals surface area (Å²) in [6, 6.07) is 9.50. The van der Waals surface area contributed by atoms with Crippen molar-refractivity contribution in [2.45, 2.75) is 19.5 Å². The summed E-state index contributed by atoms with van der Waals surface area (Å²) in [5.74, 6) is 0.00884. The zero-order valence-electron chi connectivity index (χ0n) is 12.2. The highest BCUT2D eigenvalue weighted by atomic mass is 16.3. The minimum Gasteiger partial charge on any atom is -0.472 e. The molecule has 2 aromatic rings. The van der Waals surface area contributed by atoms with E-state index in [9.17, 15) is 4.79 Å². The number of hydrogen-bond donors (Lipinski definition) is 2. The van der Waals surface area contributed by atoms with Crippen molar-refractivity contribution in [3.8, 4) is 0 Å². The Morgan fingerprint density at radius 3 is 2.62 bits per heavy atom. The van der Waals surface area contributed by atoms with E-state index in [-0.39, 0.29) is 5.91 Å². The van der Waals surface area contributed by atoms with E-state index in [2.05, 4.69) is 10.2 Å². The number of carbonyl (C=O) groups is 1. The predicted octanol–water partition coefficient (Wildman–Crippen LogP) is 2.20. The van der Waals surface area contributed by atoms with Gasteiger partial charge in [-0.25, -0.2) is 0 Å². The van der Waals surface area contributed by atoms with Crippen LogP contribution in [0.5, 0.6) is 0 Å². The minimum atomic E-state index is 0.00884. The molecule has 112 valence electrons. The summed E-state index contributed by atoms with van der Waals surface area (Å²) in [5, 5.41) is 2.88. The molecule has 0 aliphatic heterocycles. The molecule has 1 heterocycles. The smallest absolute Gasteiger partial charge is 0.225 e. The summed E-state index contributed by atoms with van der Waals surface area (Å²) in [6.45, 7) is 1.97. The molecule has 2 rings (SSSR count). The molecular formula is C16H21N3O2. The van der Waals surface area contributed by atoms with Crippen LogP contribution in [0.3, 0.4) is 0 Å². The van der Waals surface area contributed by atoms with Crippen molar-refractivity contribution in [2.24, 2.45) is 5.73 Å². The Bertz CT molecular complexity index is 549. The van der Waals surface area contributed by atoms with Gasteiger partial charge in [-0.05, 0) is 30.8 Å². The van der Waals surface area contributed by atoms with Gasteiger partial charge in [0.25, 0.3) is 0 Å². The van der Waals surface area contributed by atoms with E-state index in [0.717, 1.165) is 23.4 Å². The van der Waals surface area contributed by atoms with Crippen molar-refractivity contribution in [1.29, 1.82) is 0 Å². The van der Waals surface area contributed by atoms with Crippen LogP contribution in [-0.2, 0) is 17.9 Å². The molecule has 21 heavy (non-hydrogen) atoms. The number of carbonyl (C=O) groups excluding carboxylic acids is 1. The highest BCUT2D eigenvalue weighted by molar-refractivity contribution is 5.90. The highest BCUT2D eigenvalue weighted by Crippen LogP contribution is 2.10. The molecule has 0 radical (unpaired) electrons. The van der Waals surface area contributed by atoms with Crippen LogP contribution in [0.4, 0.5) is 5.69 Å². The molecular weight excluding hydrogens is 266 g/mol. The zero-order chi connectivity index (χ0) is 15.1. The Morgan fingerprint density at radius 1 is 1.24 bits per heavy atom. The Morgan fingerprint density at radius 2 is 2.00 bits per heavy atom. The van der Waals surface area contributed by atoms with E-state index in [0.29, 0.717) is 19.5 Å². The molecule has 0 spiro atoms. The number of amides is 1. The first-order valence-electron chi connectivity index (χ1n) is 6.96. The lowest BCUT2D eigenvalue weighted by atomic mass is 10.2. The topological polar surface area (TPSA) is 71.5 Å². The summed E-state index contributed by atoms with van der Waals surface area (Å²) in [7, 11) is 1.98. The molecule has 0 aliphatic rings. The summed E-state index contributed by atoms with van der Waals surface area (Å²) < 4.78 is 5.02. The lowest BCUT2D eigenvalue weighted by Gasteiger charge is -2.15. The minimum absolute atomic E-state index is 0.00884. The van der Waals surface area contributed by atoms with Gasteiger partial charge in [-0.3, -0.25) is 4.79 Å². The van der Waals surface area contributed by atoms with E-state index in [1.54, 1.807) is 12.5 Å². The highest BCUT2D eigenvalue weighted by Gasteiger charge is 2.06. The van der Waals surface area contributed by atoms with E-state index in [1.165, 1.54) is 0 Å². The molecule has 0 saturated heterocycles. The molecule has 1 aromatic heterocycles. The number of nitrogens with one attached hydrogen (secondary N) is 1. The van der Waals surface area contributed by atoms with E-state index in [1.807, 2.05) is 37.4 Å². The van der Waals surface area contributed by atoms with Crippen LogP contribution in [0.15, 0.2) is 47.3 Å². The van der Waals surface area contributed by atoms with Crippen LogP contribution in [0, 0.1) is 0 Å². The first-order chi connectivity index (χ1) is 10.2. The van der Waals surface area contributed by atoms with Gasteiger partial charge in [0.1, 0.15) is 0 Å². The molecule has 0 saturated carbocycles. The van der Waals surface area contributed by atoms with Gasteiger partial charge in [0.05, 0.1) is 12.5 Å². The average Bonchev–Trinajstić information content (AvgIpc) is 2.99. The number of nitrogens with zero attached hydrogens (tertiary/aromatic N) is 1. The third-order valence-electron chi connectivity index (χ3n) is 3.23. The Balaban J connectivity index is 1.73. The van der Waals surface area contributed by atoms with Crippen molar-refractivity contribution in [1.82, 2.24) is 4.90 Å². The molecule has 0 bridgehead atoms. The Hall–Kier alpha value is -2.11. The summed E-state index contributed by atoms with van der Waals surface area (Å²) in [5.41, 5.74) is 8.49. The Kier molecular flexibility index (Phi) is 5.54. The van der Waals surface area contributed by atoms with Gasteiger partial charge in [0.15, 0.2) is 0 Å². The lowest BCUT2D eigenvalue weighted by molar-refractivity contribution is -0.116. The van der Waals surface area contributed by atoms with Crippen LogP contribution in [0.2, 0.25) is 0 Å². The average molecular weight is 287 g/mol. The summed E-state index contributed by atoms with van der Waals surface area (Å²) in [6.07, 6.45) is 3.82. The second kappa shape index (κ2) is 7.61. The van der Waals surface area contributed by atoms with E-state index >= 15 is 0 Å². The first kappa shape index (κ1) is 15.3. The van der Waals surface area contributed by atoms with Crippen molar-refractivity contribution in [2.75, 3.05) is 18.9 Å². The van der Waals surface area contributed by atoms with Crippen LogP contribution >= 0.6 is 0 Å². The van der Waals surface area contributed by atoms with Gasteiger partial charge < -0.3 is 20.4 Å².